The zero-order valence-electron chi connectivity index (χ0n) is 14.0. The number of ketones is 1. The second-order valence-electron chi connectivity index (χ2n) is 6.90. The van der Waals surface area contributed by atoms with Crippen molar-refractivity contribution in [2.45, 2.75) is 37.5 Å². The third-order valence-corrected chi connectivity index (χ3v) is 5.59. The molecule has 2 aliphatic carbocycles. The predicted octanol–water partition coefficient (Wildman–Crippen LogP) is 4.41. The molecule has 0 heterocycles. The highest BCUT2D eigenvalue weighted by molar-refractivity contribution is 5.92. The lowest BCUT2D eigenvalue weighted by molar-refractivity contribution is -0.115. The summed E-state index contributed by atoms with van der Waals surface area (Å²) in [5.74, 6) is 1.20. The molecule has 0 amide bonds. The number of allylic oxidation sites excluding steroid dienone is 2. The average molecular weight is 318 g/mol. The van der Waals surface area contributed by atoms with E-state index < -0.39 is 0 Å². The van der Waals surface area contributed by atoms with Gasteiger partial charge in [0.25, 0.3) is 0 Å². The Bertz CT molecular complexity index is 804. The molecule has 2 heteroatoms. The molecule has 0 bridgehead atoms. The van der Waals surface area contributed by atoms with Gasteiger partial charge in [-0.1, -0.05) is 42.0 Å². The summed E-state index contributed by atoms with van der Waals surface area (Å²) in [5, 5.41) is 0. The molecule has 0 spiro atoms. The Balaban J connectivity index is 1.86. The number of carbonyl (C=O) groups excluding carboxylic acids is 1. The van der Waals surface area contributed by atoms with Gasteiger partial charge in [-0.3, -0.25) is 4.79 Å². The van der Waals surface area contributed by atoms with Gasteiger partial charge in [-0.05, 0) is 60.6 Å². The number of ether oxygens (including phenoxy) is 1. The van der Waals surface area contributed by atoms with E-state index in [0.29, 0.717) is 6.42 Å². The standard InChI is InChI=1S/C22H22O2/c1-24-20-9-10-21-17(13-20)7-8-18-14-19(23)11-12-22(18,21)15-16-5-3-2-4-6-16/h2-6,9-10,13-14H,7-8,11-12,15H2,1H3/t22-/m1/s1. The second kappa shape index (κ2) is 5.94. The molecule has 0 saturated carbocycles. The first-order valence-electron chi connectivity index (χ1n) is 8.66. The van der Waals surface area contributed by atoms with Crippen LogP contribution >= 0.6 is 0 Å². The van der Waals surface area contributed by atoms with E-state index in [2.05, 4.69) is 48.5 Å². The van der Waals surface area contributed by atoms with Gasteiger partial charge in [-0.2, -0.15) is 0 Å². The molecule has 4 rings (SSSR count). The molecule has 0 saturated heterocycles. The van der Waals surface area contributed by atoms with Gasteiger partial charge in [0.1, 0.15) is 5.75 Å². The highest BCUT2D eigenvalue weighted by Crippen LogP contribution is 2.49. The number of fused-ring (bicyclic) bond motifs is 3. The number of rotatable bonds is 3. The second-order valence-corrected chi connectivity index (χ2v) is 6.90. The first kappa shape index (κ1) is 15.2. The topological polar surface area (TPSA) is 26.3 Å². The van der Waals surface area contributed by atoms with E-state index in [1.165, 1.54) is 22.3 Å². The van der Waals surface area contributed by atoms with E-state index in [9.17, 15) is 4.79 Å². The van der Waals surface area contributed by atoms with Gasteiger partial charge in [0.2, 0.25) is 0 Å². The summed E-state index contributed by atoms with van der Waals surface area (Å²) >= 11 is 0. The zero-order chi connectivity index (χ0) is 16.6. The first-order chi connectivity index (χ1) is 11.7. The monoisotopic (exact) mass is 318 g/mol. The Morgan fingerprint density at radius 3 is 2.67 bits per heavy atom. The van der Waals surface area contributed by atoms with Gasteiger partial charge in [0, 0.05) is 11.8 Å². The minimum absolute atomic E-state index is 0.0326. The Morgan fingerprint density at radius 2 is 1.88 bits per heavy atom. The molecule has 0 aliphatic heterocycles. The molecule has 0 aromatic heterocycles. The molecule has 2 aliphatic rings. The minimum atomic E-state index is -0.0326. The summed E-state index contributed by atoms with van der Waals surface area (Å²) in [6.07, 6.45) is 6.40. The van der Waals surface area contributed by atoms with Crippen molar-refractivity contribution in [3.05, 3.63) is 76.9 Å². The van der Waals surface area contributed by atoms with Crippen LogP contribution in [0.2, 0.25) is 0 Å². The summed E-state index contributed by atoms with van der Waals surface area (Å²) in [6.45, 7) is 0. The fraction of sp³-hybridized carbons (Fsp3) is 0.318. The molecule has 0 fully saturated rings. The molecule has 24 heavy (non-hydrogen) atoms. The average Bonchev–Trinajstić information content (AvgIpc) is 2.62. The van der Waals surface area contributed by atoms with E-state index in [-0.39, 0.29) is 11.2 Å². The first-order valence-corrected chi connectivity index (χ1v) is 8.66. The van der Waals surface area contributed by atoms with Crippen LogP contribution in [0.4, 0.5) is 0 Å². The Morgan fingerprint density at radius 1 is 1.04 bits per heavy atom. The molecule has 0 unspecified atom stereocenters. The van der Waals surface area contributed by atoms with Crippen LogP contribution in [0, 0.1) is 0 Å². The smallest absolute Gasteiger partial charge is 0.155 e. The predicted molar refractivity (Wildman–Crippen MR) is 95.5 cm³/mol. The molecular formula is C22H22O2. The van der Waals surface area contributed by atoms with Crippen molar-refractivity contribution in [3.63, 3.8) is 0 Å². The Hall–Kier alpha value is -2.35. The number of carbonyl (C=O) groups is 1. The van der Waals surface area contributed by atoms with Crippen molar-refractivity contribution in [2.75, 3.05) is 7.11 Å². The lowest BCUT2D eigenvalue weighted by atomic mass is 9.59. The van der Waals surface area contributed by atoms with E-state index in [1.807, 2.05) is 6.08 Å². The Labute approximate surface area is 143 Å². The van der Waals surface area contributed by atoms with Crippen LogP contribution in [0.5, 0.6) is 5.75 Å². The molecular weight excluding hydrogens is 296 g/mol. The number of hydrogen-bond donors (Lipinski definition) is 0. The van der Waals surface area contributed by atoms with E-state index >= 15 is 0 Å². The van der Waals surface area contributed by atoms with Crippen molar-refractivity contribution in [1.29, 1.82) is 0 Å². The fourth-order valence-electron chi connectivity index (χ4n) is 4.40. The van der Waals surface area contributed by atoms with Crippen LogP contribution in [0.1, 0.15) is 36.0 Å². The summed E-state index contributed by atoms with van der Waals surface area (Å²) in [4.78, 5) is 12.0. The lowest BCUT2D eigenvalue weighted by Gasteiger charge is -2.44. The van der Waals surface area contributed by atoms with Gasteiger partial charge in [-0.15, -0.1) is 0 Å². The molecule has 1 atom stereocenters. The van der Waals surface area contributed by atoms with Crippen LogP contribution in [-0.4, -0.2) is 12.9 Å². The summed E-state index contributed by atoms with van der Waals surface area (Å²) in [6, 6.07) is 17.1. The molecule has 2 aromatic rings. The van der Waals surface area contributed by atoms with Crippen molar-refractivity contribution in [2.24, 2.45) is 0 Å². The van der Waals surface area contributed by atoms with Crippen molar-refractivity contribution in [3.8, 4) is 5.75 Å². The maximum atomic E-state index is 12.0. The van der Waals surface area contributed by atoms with Crippen molar-refractivity contribution < 1.29 is 9.53 Å². The quantitative estimate of drug-likeness (QED) is 0.838. The number of benzene rings is 2. The fourth-order valence-corrected chi connectivity index (χ4v) is 4.40. The maximum absolute atomic E-state index is 12.0. The SMILES string of the molecule is COc1ccc2c(c1)CCC1=CC(=O)CC[C@@]12Cc1ccccc1. The van der Waals surface area contributed by atoms with Gasteiger partial charge in [0.15, 0.2) is 5.78 Å². The molecule has 2 nitrogen and oxygen atoms in total. The highest BCUT2D eigenvalue weighted by Gasteiger charge is 2.42. The lowest BCUT2D eigenvalue weighted by Crippen LogP contribution is -2.39. The van der Waals surface area contributed by atoms with Gasteiger partial charge in [0.05, 0.1) is 7.11 Å². The van der Waals surface area contributed by atoms with Crippen LogP contribution in [0.3, 0.4) is 0 Å². The van der Waals surface area contributed by atoms with Gasteiger partial charge >= 0.3 is 0 Å². The van der Waals surface area contributed by atoms with E-state index in [0.717, 1.165) is 31.4 Å². The van der Waals surface area contributed by atoms with Gasteiger partial charge < -0.3 is 4.74 Å². The van der Waals surface area contributed by atoms with Gasteiger partial charge in [-0.25, -0.2) is 0 Å². The minimum Gasteiger partial charge on any atom is -0.497 e. The highest BCUT2D eigenvalue weighted by atomic mass is 16.5. The van der Waals surface area contributed by atoms with Crippen LogP contribution in [-0.2, 0) is 23.1 Å². The van der Waals surface area contributed by atoms with Crippen LogP contribution in [0.15, 0.2) is 60.2 Å². The van der Waals surface area contributed by atoms with E-state index in [4.69, 9.17) is 4.74 Å². The summed E-state index contributed by atoms with van der Waals surface area (Å²) < 4.78 is 5.42. The van der Waals surface area contributed by atoms with Crippen molar-refractivity contribution >= 4 is 5.78 Å². The third kappa shape index (κ3) is 2.47. The largest absolute Gasteiger partial charge is 0.497 e. The summed E-state index contributed by atoms with van der Waals surface area (Å²) in [7, 11) is 1.72. The van der Waals surface area contributed by atoms with E-state index in [1.54, 1.807) is 7.11 Å². The number of aryl methyl sites for hydroxylation is 1. The molecule has 2 aromatic carbocycles. The maximum Gasteiger partial charge on any atom is 0.155 e. The number of methoxy groups -OCH3 is 1. The van der Waals surface area contributed by atoms with Crippen molar-refractivity contribution in [1.82, 2.24) is 0 Å². The zero-order valence-corrected chi connectivity index (χ0v) is 14.0. The number of hydrogen-bond acceptors (Lipinski definition) is 2. The summed E-state index contributed by atoms with van der Waals surface area (Å²) in [5.41, 5.74) is 5.38. The Kier molecular flexibility index (Phi) is 3.76. The third-order valence-electron chi connectivity index (χ3n) is 5.59. The molecule has 122 valence electrons. The normalized spacial score (nSPS) is 22.4. The van der Waals surface area contributed by atoms with Crippen LogP contribution in [0.25, 0.3) is 0 Å². The molecule has 0 radical (unpaired) electrons. The van der Waals surface area contributed by atoms with Crippen LogP contribution < -0.4 is 4.74 Å². The molecule has 0 N–H and O–H groups in total.